The highest BCUT2D eigenvalue weighted by Gasteiger charge is 2.19. The molecule has 3 aromatic carbocycles. The van der Waals surface area contributed by atoms with Crippen molar-refractivity contribution in [2.45, 2.75) is 19.4 Å². The van der Waals surface area contributed by atoms with Crippen LogP contribution in [0.1, 0.15) is 12.5 Å². The minimum atomic E-state index is -0.920. The lowest BCUT2D eigenvalue weighted by molar-refractivity contribution is -0.152. The maximum Gasteiger partial charge on any atom is 0.311 e. The molecule has 5 heteroatoms. The van der Waals surface area contributed by atoms with Gasteiger partial charge in [0.15, 0.2) is 6.10 Å². The molecule has 0 unspecified atom stereocenters. The number of methoxy groups -OCH3 is 1. The Labute approximate surface area is 170 Å². The Morgan fingerprint density at radius 2 is 1.48 bits per heavy atom. The van der Waals surface area contributed by atoms with Crippen LogP contribution in [0.3, 0.4) is 0 Å². The predicted molar refractivity (Wildman–Crippen MR) is 113 cm³/mol. The SMILES string of the molecule is COc1ccccc1NC(=O)[C@@H](C)OC(=O)Cc1ccc(-c2ccccc2)cc1. The van der Waals surface area contributed by atoms with E-state index in [1.54, 1.807) is 31.2 Å². The number of ether oxygens (including phenoxy) is 2. The Hall–Kier alpha value is -3.60. The maximum absolute atomic E-state index is 12.3. The van der Waals surface area contributed by atoms with Crippen molar-refractivity contribution < 1.29 is 19.1 Å². The van der Waals surface area contributed by atoms with E-state index in [0.717, 1.165) is 16.7 Å². The van der Waals surface area contributed by atoms with Crippen LogP contribution in [0.15, 0.2) is 78.9 Å². The normalized spacial score (nSPS) is 11.4. The van der Waals surface area contributed by atoms with E-state index in [0.29, 0.717) is 11.4 Å². The Kier molecular flexibility index (Phi) is 6.63. The van der Waals surface area contributed by atoms with Gasteiger partial charge in [0.2, 0.25) is 0 Å². The van der Waals surface area contributed by atoms with Crippen molar-refractivity contribution in [3.8, 4) is 16.9 Å². The minimum Gasteiger partial charge on any atom is -0.495 e. The minimum absolute atomic E-state index is 0.0986. The van der Waals surface area contributed by atoms with Gasteiger partial charge in [0, 0.05) is 0 Å². The van der Waals surface area contributed by atoms with E-state index in [1.165, 1.54) is 7.11 Å². The van der Waals surface area contributed by atoms with Gasteiger partial charge in [-0.2, -0.15) is 0 Å². The standard InChI is InChI=1S/C24H23NO4/c1-17(24(27)25-21-10-6-7-11-22(21)28-2)29-23(26)16-18-12-14-20(15-13-18)19-8-4-3-5-9-19/h3-15,17H,16H2,1-2H3,(H,25,27)/t17-/m1/s1. The van der Waals surface area contributed by atoms with Gasteiger partial charge in [-0.15, -0.1) is 0 Å². The second-order valence-corrected chi connectivity index (χ2v) is 6.56. The summed E-state index contributed by atoms with van der Waals surface area (Å²) >= 11 is 0. The summed E-state index contributed by atoms with van der Waals surface area (Å²) in [5.74, 6) is -0.333. The highest BCUT2D eigenvalue weighted by atomic mass is 16.5. The van der Waals surface area contributed by atoms with Crippen molar-refractivity contribution in [1.29, 1.82) is 0 Å². The number of amides is 1. The molecule has 1 atom stereocenters. The van der Waals surface area contributed by atoms with Gasteiger partial charge in [0.05, 0.1) is 19.2 Å². The molecule has 3 rings (SSSR count). The van der Waals surface area contributed by atoms with Gasteiger partial charge >= 0.3 is 5.97 Å². The summed E-state index contributed by atoms with van der Waals surface area (Å²) in [6, 6.07) is 24.8. The molecule has 148 valence electrons. The summed E-state index contributed by atoms with van der Waals surface area (Å²) in [4.78, 5) is 24.6. The van der Waals surface area contributed by atoms with Gasteiger partial charge in [0.1, 0.15) is 5.75 Å². The Bertz CT molecular complexity index is 968. The smallest absolute Gasteiger partial charge is 0.311 e. The van der Waals surface area contributed by atoms with E-state index in [2.05, 4.69) is 5.32 Å². The third kappa shape index (κ3) is 5.45. The van der Waals surface area contributed by atoms with Crippen molar-refractivity contribution in [3.05, 3.63) is 84.4 Å². The fourth-order valence-electron chi connectivity index (χ4n) is 2.89. The van der Waals surface area contributed by atoms with Gasteiger partial charge in [0.25, 0.3) is 5.91 Å². The quantitative estimate of drug-likeness (QED) is 0.606. The third-order valence-corrected chi connectivity index (χ3v) is 4.45. The van der Waals surface area contributed by atoms with Crippen LogP contribution in [0.25, 0.3) is 11.1 Å². The molecule has 0 aliphatic rings. The van der Waals surface area contributed by atoms with Crippen molar-refractivity contribution in [2.75, 3.05) is 12.4 Å². The van der Waals surface area contributed by atoms with Gasteiger partial charge in [-0.25, -0.2) is 0 Å². The second-order valence-electron chi connectivity index (χ2n) is 6.56. The first-order valence-corrected chi connectivity index (χ1v) is 9.34. The number of carbonyl (C=O) groups excluding carboxylic acids is 2. The fraction of sp³-hybridized carbons (Fsp3) is 0.167. The molecule has 0 saturated heterocycles. The molecule has 3 aromatic rings. The number of benzene rings is 3. The number of hydrogen-bond acceptors (Lipinski definition) is 4. The zero-order chi connectivity index (χ0) is 20.6. The fourth-order valence-corrected chi connectivity index (χ4v) is 2.89. The molecule has 5 nitrogen and oxygen atoms in total. The molecular weight excluding hydrogens is 366 g/mol. The van der Waals surface area contributed by atoms with E-state index in [4.69, 9.17) is 9.47 Å². The summed E-state index contributed by atoms with van der Waals surface area (Å²) in [7, 11) is 1.53. The molecule has 1 N–H and O–H groups in total. The highest BCUT2D eigenvalue weighted by Crippen LogP contribution is 2.23. The average molecular weight is 389 g/mol. The summed E-state index contributed by atoms with van der Waals surface area (Å²) in [5.41, 5.74) is 3.54. The van der Waals surface area contributed by atoms with Gasteiger partial charge in [-0.05, 0) is 35.7 Å². The zero-order valence-corrected chi connectivity index (χ0v) is 16.4. The van der Waals surface area contributed by atoms with Crippen LogP contribution < -0.4 is 10.1 Å². The van der Waals surface area contributed by atoms with Crippen molar-refractivity contribution in [1.82, 2.24) is 0 Å². The molecule has 0 aliphatic carbocycles. The molecule has 0 radical (unpaired) electrons. The third-order valence-electron chi connectivity index (χ3n) is 4.45. The number of para-hydroxylation sites is 2. The van der Waals surface area contributed by atoms with Crippen molar-refractivity contribution >= 4 is 17.6 Å². The summed E-state index contributed by atoms with van der Waals surface area (Å²) in [6.45, 7) is 1.54. The molecule has 0 bridgehead atoms. The summed E-state index contributed by atoms with van der Waals surface area (Å²) in [6.07, 6.45) is -0.822. The number of rotatable bonds is 7. The lowest BCUT2D eigenvalue weighted by atomic mass is 10.0. The highest BCUT2D eigenvalue weighted by molar-refractivity contribution is 5.96. The topological polar surface area (TPSA) is 64.6 Å². The first kappa shape index (κ1) is 20.1. The second kappa shape index (κ2) is 9.55. The predicted octanol–water partition coefficient (Wildman–Crippen LogP) is 4.48. The number of nitrogens with one attached hydrogen (secondary N) is 1. The molecule has 0 heterocycles. The van der Waals surface area contributed by atoms with Crippen molar-refractivity contribution in [3.63, 3.8) is 0 Å². The van der Waals surface area contributed by atoms with Gasteiger partial charge in [-0.3, -0.25) is 9.59 Å². The van der Waals surface area contributed by atoms with Crippen LogP contribution in [-0.2, 0) is 20.7 Å². The van der Waals surface area contributed by atoms with E-state index < -0.39 is 18.0 Å². The molecule has 29 heavy (non-hydrogen) atoms. The van der Waals surface area contributed by atoms with Gasteiger partial charge < -0.3 is 14.8 Å². The Morgan fingerprint density at radius 1 is 0.862 bits per heavy atom. The number of hydrogen-bond donors (Lipinski definition) is 1. The van der Waals surface area contributed by atoms with E-state index in [9.17, 15) is 9.59 Å². The molecular formula is C24H23NO4. The van der Waals surface area contributed by atoms with E-state index in [-0.39, 0.29) is 6.42 Å². The number of carbonyl (C=O) groups is 2. The molecule has 0 aliphatic heterocycles. The average Bonchev–Trinajstić information content (AvgIpc) is 2.75. The Morgan fingerprint density at radius 3 is 2.17 bits per heavy atom. The van der Waals surface area contributed by atoms with Crippen LogP contribution in [0, 0.1) is 0 Å². The molecule has 0 saturated carbocycles. The summed E-state index contributed by atoms with van der Waals surface area (Å²) < 4.78 is 10.5. The first-order valence-electron chi connectivity index (χ1n) is 9.34. The Balaban J connectivity index is 1.55. The molecule has 1 amide bonds. The monoisotopic (exact) mass is 389 g/mol. The first-order chi connectivity index (χ1) is 14.1. The van der Waals surface area contributed by atoms with Crippen molar-refractivity contribution in [2.24, 2.45) is 0 Å². The van der Waals surface area contributed by atoms with Crippen LogP contribution in [0.4, 0.5) is 5.69 Å². The van der Waals surface area contributed by atoms with Crippen LogP contribution in [-0.4, -0.2) is 25.1 Å². The number of esters is 1. The molecule has 0 fully saturated rings. The molecule has 0 aromatic heterocycles. The van der Waals surface area contributed by atoms with Gasteiger partial charge in [-0.1, -0.05) is 66.7 Å². The van der Waals surface area contributed by atoms with Crippen LogP contribution >= 0.6 is 0 Å². The van der Waals surface area contributed by atoms with Crippen LogP contribution in [0.2, 0.25) is 0 Å². The number of anilines is 1. The van der Waals surface area contributed by atoms with E-state index in [1.807, 2.05) is 54.6 Å². The maximum atomic E-state index is 12.3. The largest absolute Gasteiger partial charge is 0.495 e. The lowest BCUT2D eigenvalue weighted by Gasteiger charge is -2.15. The van der Waals surface area contributed by atoms with E-state index >= 15 is 0 Å². The van der Waals surface area contributed by atoms with Crippen LogP contribution in [0.5, 0.6) is 5.75 Å². The molecule has 0 spiro atoms. The zero-order valence-electron chi connectivity index (χ0n) is 16.4. The summed E-state index contributed by atoms with van der Waals surface area (Å²) in [5, 5.41) is 2.71. The lowest BCUT2D eigenvalue weighted by Crippen LogP contribution is -2.30.